The molecule has 0 radical (unpaired) electrons. The van der Waals surface area contributed by atoms with Crippen LogP contribution in [0.2, 0.25) is 0 Å². The van der Waals surface area contributed by atoms with Crippen LogP contribution in [-0.4, -0.2) is 61.8 Å². The molecule has 1 aliphatic carbocycles. The SMILES string of the molecule is CC(=N)N1CCC(Oc2ccc(S(=O)(=O)N(c3ccc4c(c3)CN(C(=N)N)CC4)C3CC3)cc2)CC1. The zero-order valence-electron chi connectivity index (χ0n) is 20.6. The third kappa shape index (κ3) is 5.00. The number of rotatable bonds is 6. The zero-order chi connectivity index (χ0) is 25.4. The van der Waals surface area contributed by atoms with Gasteiger partial charge >= 0.3 is 0 Å². The number of hydrogen-bond acceptors (Lipinski definition) is 5. The number of nitrogens with one attached hydrogen (secondary N) is 2. The number of guanidine groups is 1. The minimum Gasteiger partial charge on any atom is -0.490 e. The first-order valence-electron chi connectivity index (χ1n) is 12.5. The smallest absolute Gasteiger partial charge is 0.264 e. The molecule has 2 aromatic rings. The van der Waals surface area contributed by atoms with E-state index in [1.54, 1.807) is 40.4 Å². The van der Waals surface area contributed by atoms with Gasteiger partial charge in [0.15, 0.2) is 5.96 Å². The molecule has 36 heavy (non-hydrogen) atoms. The van der Waals surface area contributed by atoms with Crippen LogP contribution in [0, 0.1) is 10.8 Å². The highest BCUT2D eigenvalue weighted by atomic mass is 32.2. The van der Waals surface area contributed by atoms with Crippen molar-refractivity contribution in [3.05, 3.63) is 53.6 Å². The van der Waals surface area contributed by atoms with Crippen molar-refractivity contribution >= 4 is 27.5 Å². The lowest BCUT2D eigenvalue weighted by molar-refractivity contribution is 0.130. The van der Waals surface area contributed by atoms with Gasteiger partial charge in [-0.05, 0) is 73.7 Å². The predicted molar refractivity (Wildman–Crippen MR) is 140 cm³/mol. The second-order valence-electron chi connectivity index (χ2n) is 9.90. The van der Waals surface area contributed by atoms with E-state index in [-0.39, 0.29) is 23.0 Å². The Morgan fingerprint density at radius 2 is 1.67 bits per heavy atom. The molecule has 1 saturated carbocycles. The average molecular weight is 511 g/mol. The number of ether oxygens (including phenoxy) is 1. The molecule has 10 heteroatoms. The van der Waals surface area contributed by atoms with Crippen molar-refractivity contribution in [2.75, 3.05) is 23.9 Å². The normalized spacial score (nSPS) is 18.5. The number of nitrogens with zero attached hydrogens (tertiary/aromatic N) is 3. The summed E-state index contributed by atoms with van der Waals surface area (Å²) in [6.45, 7) is 4.61. The van der Waals surface area contributed by atoms with E-state index < -0.39 is 10.0 Å². The molecule has 192 valence electrons. The third-order valence-corrected chi connectivity index (χ3v) is 9.17. The largest absolute Gasteiger partial charge is 0.490 e. The quantitative estimate of drug-likeness (QED) is 0.405. The summed E-state index contributed by atoms with van der Waals surface area (Å²) in [5.41, 5.74) is 8.55. The molecule has 2 aromatic carbocycles. The minimum absolute atomic E-state index is 0.0374. The molecular weight excluding hydrogens is 476 g/mol. The van der Waals surface area contributed by atoms with Crippen molar-refractivity contribution in [3.8, 4) is 5.75 Å². The van der Waals surface area contributed by atoms with E-state index in [9.17, 15) is 8.42 Å². The van der Waals surface area contributed by atoms with Crippen molar-refractivity contribution in [2.45, 2.75) is 62.6 Å². The van der Waals surface area contributed by atoms with Gasteiger partial charge in [-0.1, -0.05) is 6.07 Å². The van der Waals surface area contributed by atoms with Gasteiger partial charge in [-0.25, -0.2) is 8.42 Å². The van der Waals surface area contributed by atoms with Gasteiger partial charge in [-0.2, -0.15) is 0 Å². The molecular formula is C26H34N6O3S. The molecule has 4 N–H and O–H groups in total. The van der Waals surface area contributed by atoms with Crippen LogP contribution in [0.5, 0.6) is 5.75 Å². The van der Waals surface area contributed by atoms with E-state index in [2.05, 4.69) is 0 Å². The maximum absolute atomic E-state index is 13.8. The van der Waals surface area contributed by atoms with Crippen LogP contribution < -0.4 is 14.8 Å². The van der Waals surface area contributed by atoms with Crippen LogP contribution in [0.15, 0.2) is 47.4 Å². The minimum atomic E-state index is -3.75. The first-order valence-corrected chi connectivity index (χ1v) is 14.0. The molecule has 0 aromatic heterocycles. The van der Waals surface area contributed by atoms with Gasteiger partial charge in [0.2, 0.25) is 0 Å². The number of amidine groups is 1. The molecule has 9 nitrogen and oxygen atoms in total. The van der Waals surface area contributed by atoms with Crippen molar-refractivity contribution < 1.29 is 13.2 Å². The molecule has 2 aliphatic heterocycles. The highest BCUT2D eigenvalue weighted by Crippen LogP contribution is 2.38. The molecule has 0 unspecified atom stereocenters. The maximum atomic E-state index is 13.8. The highest BCUT2D eigenvalue weighted by molar-refractivity contribution is 7.92. The molecule has 0 atom stereocenters. The number of hydrogen-bond donors (Lipinski definition) is 3. The van der Waals surface area contributed by atoms with Gasteiger partial charge in [-0.3, -0.25) is 15.1 Å². The summed E-state index contributed by atoms with van der Waals surface area (Å²) in [6.07, 6.45) is 4.20. The molecule has 0 bridgehead atoms. The Morgan fingerprint density at radius 3 is 2.28 bits per heavy atom. The Bertz CT molecular complexity index is 1250. The third-order valence-electron chi connectivity index (χ3n) is 7.28. The van der Waals surface area contributed by atoms with E-state index in [0.29, 0.717) is 30.4 Å². The molecule has 5 rings (SSSR count). The van der Waals surface area contributed by atoms with E-state index in [1.165, 1.54) is 5.56 Å². The number of nitrogens with two attached hydrogens (primary N) is 1. The van der Waals surface area contributed by atoms with Crippen LogP contribution in [0.4, 0.5) is 5.69 Å². The topological polar surface area (TPSA) is 127 Å². The van der Waals surface area contributed by atoms with Gasteiger partial charge in [0, 0.05) is 45.1 Å². The number of benzene rings is 2. The van der Waals surface area contributed by atoms with E-state index in [1.807, 2.05) is 23.1 Å². The van der Waals surface area contributed by atoms with Crippen molar-refractivity contribution in [3.63, 3.8) is 0 Å². The first kappa shape index (κ1) is 24.4. The fraction of sp³-hybridized carbons (Fsp3) is 0.462. The Labute approximate surface area is 212 Å². The fourth-order valence-corrected chi connectivity index (χ4v) is 6.75. The monoisotopic (exact) mass is 510 g/mol. The number of piperidine rings is 1. The van der Waals surface area contributed by atoms with Crippen LogP contribution in [0.25, 0.3) is 0 Å². The van der Waals surface area contributed by atoms with Crippen LogP contribution in [0.3, 0.4) is 0 Å². The molecule has 0 amide bonds. The van der Waals surface area contributed by atoms with Gasteiger partial charge in [0.05, 0.1) is 16.4 Å². The standard InChI is InChI=1S/C26H34N6O3S/c1-18(27)30-14-11-24(12-15-30)35-23-6-8-25(9-7-23)36(33,34)32(21-4-5-21)22-3-2-19-10-13-31(26(28)29)17-20(19)16-22/h2-3,6-9,16,21,24,27H,4-5,10-15,17H2,1H3,(H3,28,29). The average Bonchev–Trinajstić information content (AvgIpc) is 3.69. The second-order valence-corrected chi connectivity index (χ2v) is 11.7. The molecule has 1 saturated heterocycles. The first-order chi connectivity index (χ1) is 17.2. The van der Waals surface area contributed by atoms with Gasteiger partial charge in [-0.15, -0.1) is 0 Å². The Hall–Kier alpha value is -3.27. The van der Waals surface area contributed by atoms with Gasteiger partial charge < -0.3 is 20.3 Å². The van der Waals surface area contributed by atoms with E-state index in [4.69, 9.17) is 21.3 Å². The number of anilines is 1. The Kier molecular flexibility index (Phi) is 6.55. The summed E-state index contributed by atoms with van der Waals surface area (Å²) in [6, 6.07) is 12.6. The Balaban J connectivity index is 1.33. The second kappa shape index (κ2) is 9.65. The summed E-state index contributed by atoms with van der Waals surface area (Å²) in [5.74, 6) is 1.28. The predicted octanol–water partition coefficient (Wildman–Crippen LogP) is 3.14. The highest BCUT2D eigenvalue weighted by Gasteiger charge is 2.39. The summed E-state index contributed by atoms with van der Waals surface area (Å²) < 4.78 is 35.2. The summed E-state index contributed by atoms with van der Waals surface area (Å²) in [5, 5.41) is 15.5. The van der Waals surface area contributed by atoms with Gasteiger partial charge in [0.1, 0.15) is 11.9 Å². The lowest BCUT2D eigenvalue weighted by Crippen LogP contribution is -2.40. The number of sulfonamides is 1. The Morgan fingerprint density at radius 1 is 0.972 bits per heavy atom. The number of fused-ring (bicyclic) bond motifs is 1. The van der Waals surface area contributed by atoms with Crippen molar-refractivity contribution in [1.29, 1.82) is 10.8 Å². The summed E-state index contributed by atoms with van der Waals surface area (Å²) >= 11 is 0. The summed E-state index contributed by atoms with van der Waals surface area (Å²) in [4.78, 5) is 4.09. The molecule has 3 aliphatic rings. The molecule has 0 spiro atoms. The van der Waals surface area contributed by atoms with E-state index in [0.717, 1.165) is 50.8 Å². The maximum Gasteiger partial charge on any atom is 0.264 e. The molecule has 2 heterocycles. The molecule has 2 fully saturated rings. The van der Waals surface area contributed by atoms with Crippen molar-refractivity contribution in [1.82, 2.24) is 9.80 Å². The fourth-order valence-electron chi connectivity index (χ4n) is 5.05. The zero-order valence-corrected chi connectivity index (χ0v) is 21.4. The van der Waals surface area contributed by atoms with Crippen LogP contribution in [0.1, 0.15) is 43.7 Å². The van der Waals surface area contributed by atoms with Crippen LogP contribution in [-0.2, 0) is 23.0 Å². The lowest BCUT2D eigenvalue weighted by atomic mass is 9.99. The number of likely N-dealkylation sites (tertiary alicyclic amines) is 1. The van der Waals surface area contributed by atoms with E-state index >= 15 is 0 Å². The van der Waals surface area contributed by atoms with Crippen LogP contribution >= 0.6 is 0 Å². The lowest BCUT2D eigenvalue weighted by Gasteiger charge is -2.33. The van der Waals surface area contributed by atoms with Crippen molar-refractivity contribution in [2.24, 2.45) is 5.73 Å². The van der Waals surface area contributed by atoms with Gasteiger partial charge in [0.25, 0.3) is 10.0 Å². The summed E-state index contributed by atoms with van der Waals surface area (Å²) in [7, 11) is -3.75.